The fourth-order valence-corrected chi connectivity index (χ4v) is 4.59. The quantitative estimate of drug-likeness (QED) is 0.585. The molecule has 0 N–H and O–H groups in total. The van der Waals surface area contributed by atoms with Crippen LogP contribution in [0.4, 0.5) is 0 Å². The maximum absolute atomic E-state index is 13.5. The van der Waals surface area contributed by atoms with Gasteiger partial charge in [0, 0.05) is 16.7 Å². The molecular weight excluding hydrogens is 372 g/mol. The molecule has 0 bridgehead atoms. The second-order valence-corrected chi connectivity index (χ2v) is 9.37. The Morgan fingerprint density at radius 1 is 0.679 bits per heavy atom. The average molecular weight is 392 g/mol. The first-order valence-electron chi connectivity index (χ1n) is 8.80. The number of hydrogen-bond donors (Lipinski definition) is 0. The second-order valence-electron chi connectivity index (χ2n) is 6.90. The number of benzene rings is 3. The van der Waals surface area contributed by atoms with Gasteiger partial charge >= 0.3 is 0 Å². The Hall–Kier alpha value is -3.05. The van der Waals surface area contributed by atoms with Gasteiger partial charge in [-0.15, -0.1) is 0 Å². The molecule has 3 aromatic rings. The standard InChI is InChI=1S/C23H20O4S/c1-23(2,22(25)18-13-7-4-8-14-18)28(26,27)20-16-10-9-15-19(20)21(24)17-11-5-3-6-12-17/h3-16H,1-2H3. The average Bonchev–Trinajstić information content (AvgIpc) is 2.73. The molecule has 3 rings (SSSR count). The molecule has 0 radical (unpaired) electrons. The molecule has 0 aliphatic rings. The Bertz CT molecular complexity index is 1120. The van der Waals surface area contributed by atoms with Crippen molar-refractivity contribution in [3.05, 3.63) is 102 Å². The molecule has 28 heavy (non-hydrogen) atoms. The molecule has 0 saturated carbocycles. The molecule has 0 aliphatic heterocycles. The monoisotopic (exact) mass is 392 g/mol. The first-order chi connectivity index (χ1) is 13.3. The van der Waals surface area contributed by atoms with Crippen molar-refractivity contribution in [2.24, 2.45) is 0 Å². The first-order valence-corrected chi connectivity index (χ1v) is 10.3. The number of carbonyl (C=O) groups excluding carboxylic acids is 2. The maximum atomic E-state index is 13.5. The molecule has 0 aromatic heterocycles. The summed E-state index contributed by atoms with van der Waals surface area (Å²) in [6.07, 6.45) is 0. The van der Waals surface area contributed by atoms with Crippen molar-refractivity contribution >= 4 is 21.4 Å². The van der Waals surface area contributed by atoms with Crippen LogP contribution in [0.2, 0.25) is 0 Å². The summed E-state index contributed by atoms with van der Waals surface area (Å²) >= 11 is 0. The summed E-state index contributed by atoms with van der Waals surface area (Å²) in [5, 5.41) is 0. The second kappa shape index (κ2) is 7.52. The highest BCUT2D eigenvalue weighted by Crippen LogP contribution is 2.32. The van der Waals surface area contributed by atoms with Gasteiger partial charge in [-0.05, 0) is 26.0 Å². The van der Waals surface area contributed by atoms with Gasteiger partial charge in [-0.25, -0.2) is 8.42 Å². The van der Waals surface area contributed by atoms with Crippen molar-refractivity contribution in [3.8, 4) is 0 Å². The molecule has 0 fully saturated rings. The lowest BCUT2D eigenvalue weighted by Gasteiger charge is -2.24. The molecule has 0 saturated heterocycles. The molecular formula is C23H20O4S. The third-order valence-corrected chi connectivity index (χ3v) is 7.18. The van der Waals surface area contributed by atoms with Crippen molar-refractivity contribution in [2.45, 2.75) is 23.5 Å². The van der Waals surface area contributed by atoms with Gasteiger partial charge in [0.15, 0.2) is 21.4 Å². The number of hydrogen-bond acceptors (Lipinski definition) is 4. The maximum Gasteiger partial charge on any atom is 0.194 e. The van der Waals surface area contributed by atoms with Crippen molar-refractivity contribution in [1.29, 1.82) is 0 Å². The van der Waals surface area contributed by atoms with Crippen LogP contribution in [0.3, 0.4) is 0 Å². The highest BCUT2D eigenvalue weighted by Gasteiger charge is 2.44. The lowest BCUT2D eigenvalue weighted by Crippen LogP contribution is -2.41. The number of ketones is 2. The smallest absolute Gasteiger partial charge is 0.194 e. The molecule has 0 amide bonds. The minimum Gasteiger partial charge on any atom is -0.292 e. The van der Waals surface area contributed by atoms with E-state index in [9.17, 15) is 18.0 Å². The Balaban J connectivity index is 2.10. The summed E-state index contributed by atoms with van der Waals surface area (Å²) in [6, 6.07) is 22.8. The van der Waals surface area contributed by atoms with Crippen LogP contribution in [0.15, 0.2) is 89.8 Å². The highest BCUT2D eigenvalue weighted by atomic mass is 32.2. The lowest BCUT2D eigenvalue weighted by atomic mass is 10.0. The predicted molar refractivity (Wildman–Crippen MR) is 108 cm³/mol. The van der Waals surface area contributed by atoms with Crippen LogP contribution in [0.5, 0.6) is 0 Å². The van der Waals surface area contributed by atoms with Crippen molar-refractivity contribution in [3.63, 3.8) is 0 Å². The van der Waals surface area contributed by atoms with Gasteiger partial charge in [-0.2, -0.15) is 0 Å². The topological polar surface area (TPSA) is 68.3 Å². The predicted octanol–water partition coefficient (Wildman–Crippen LogP) is 4.35. The minimum atomic E-state index is -4.14. The van der Waals surface area contributed by atoms with Crippen LogP contribution >= 0.6 is 0 Å². The molecule has 0 unspecified atom stereocenters. The van der Waals surface area contributed by atoms with Crippen LogP contribution in [0.25, 0.3) is 0 Å². The number of carbonyl (C=O) groups is 2. The summed E-state index contributed by atoms with van der Waals surface area (Å²) in [4.78, 5) is 25.8. The van der Waals surface area contributed by atoms with E-state index >= 15 is 0 Å². The zero-order chi connectivity index (χ0) is 20.4. The van der Waals surface area contributed by atoms with Crippen molar-refractivity contribution in [2.75, 3.05) is 0 Å². The van der Waals surface area contributed by atoms with Crippen molar-refractivity contribution < 1.29 is 18.0 Å². The van der Waals surface area contributed by atoms with Crippen LogP contribution < -0.4 is 0 Å². The summed E-state index contributed by atoms with van der Waals surface area (Å²) < 4.78 is 25.2. The molecule has 4 nitrogen and oxygen atoms in total. The van der Waals surface area contributed by atoms with Gasteiger partial charge in [-0.1, -0.05) is 72.8 Å². The zero-order valence-corrected chi connectivity index (χ0v) is 16.4. The van der Waals surface area contributed by atoms with Crippen LogP contribution in [-0.2, 0) is 9.84 Å². The minimum absolute atomic E-state index is 0.0580. The van der Waals surface area contributed by atoms with E-state index < -0.39 is 26.2 Å². The Morgan fingerprint density at radius 2 is 1.14 bits per heavy atom. The van der Waals surface area contributed by atoms with Gasteiger partial charge in [0.1, 0.15) is 4.75 Å². The van der Waals surface area contributed by atoms with Crippen LogP contribution in [-0.4, -0.2) is 24.7 Å². The Morgan fingerprint density at radius 3 is 1.71 bits per heavy atom. The van der Waals surface area contributed by atoms with E-state index in [0.717, 1.165) is 0 Å². The molecule has 0 spiro atoms. The van der Waals surface area contributed by atoms with Gasteiger partial charge in [0.05, 0.1) is 4.90 Å². The molecule has 0 atom stereocenters. The Kier molecular flexibility index (Phi) is 5.29. The van der Waals surface area contributed by atoms with Gasteiger partial charge in [0.2, 0.25) is 0 Å². The van der Waals surface area contributed by atoms with Crippen molar-refractivity contribution in [1.82, 2.24) is 0 Å². The SMILES string of the molecule is CC(C)(C(=O)c1ccccc1)S(=O)(=O)c1ccccc1C(=O)c1ccccc1. The van der Waals surface area contributed by atoms with E-state index in [2.05, 4.69) is 0 Å². The Labute approximate surface area is 164 Å². The third-order valence-electron chi connectivity index (χ3n) is 4.71. The lowest BCUT2D eigenvalue weighted by molar-refractivity contribution is 0.0952. The van der Waals surface area contributed by atoms with E-state index in [1.54, 1.807) is 72.8 Å². The normalized spacial score (nSPS) is 11.8. The number of rotatable bonds is 6. The summed E-state index contributed by atoms with van der Waals surface area (Å²) in [7, 11) is -4.14. The first kappa shape index (κ1) is 19.7. The van der Waals surface area contributed by atoms with Gasteiger partial charge in [0.25, 0.3) is 0 Å². The number of Topliss-reactive ketones (excluding diaryl/α,β-unsaturated/α-hetero) is 1. The largest absolute Gasteiger partial charge is 0.292 e. The summed E-state index contributed by atoms with van der Waals surface area (Å²) in [5.74, 6) is -0.919. The molecule has 142 valence electrons. The molecule has 0 heterocycles. The molecule has 3 aromatic carbocycles. The fourth-order valence-electron chi connectivity index (χ4n) is 2.97. The van der Waals surface area contributed by atoms with E-state index in [0.29, 0.717) is 11.1 Å². The highest BCUT2D eigenvalue weighted by molar-refractivity contribution is 7.93. The molecule has 5 heteroatoms. The summed E-state index contributed by atoms with van der Waals surface area (Å²) in [6.45, 7) is 2.75. The fraction of sp³-hybridized carbons (Fsp3) is 0.130. The third kappa shape index (κ3) is 3.41. The van der Waals surface area contributed by atoms with Crippen LogP contribution in [0.1, 0.15) is 40.1 Å². The molecule has 0 aliphatic carbocycles. The zero-order valence-electron chi connectivity index (χ0n) is 15.6. The van der Waals surface area contributed by atoms with Crippen LogP contribution in [0, 0.1) is 0 Å². The summed E-state index contributed by atoms with van der Waals surface area (Å²) in [5.41, 5.74) is 0.753. The van der Waals surface area contributed by atoms with E-state index in [1.807, 2.05) is 0 Å². The van der Waals surface area contributed by atoms with Gasteiger partial charge in [-0.3, -0.25) is 9.59 Å². The van der Waals surface area contributed by atoms with E-state index in [4.69, 9.17) is 0 Å². The number of sulfone groups is 1. The van der Waals surface area contributed by atoms with E-state index in [-0.39, 0.29) is 10.5 Å². The van der Waals surface area contributed by atoms with E-state index in [1.165, 1.54) is 26.0 Å². The van der Waals surface area contributed by atoms with Gasteiger partial charge < -0.3 is 0 Å².